The Morgan fingerprint density at radius 3 is 2.88 bits per heavy atom. The summed E-state index contributed by atoms with van der Waals surface area (Å²) in [4.78, 5) is 20.6. The number of aromatic nitrogens is 2. The van der Waals surface area contributed by atoms with Crippen LogP contribution < -0.4 is 5.32 Å². The van der Waals surface area contributed by atoms with E-state index in [9.17, 15) is 22.4 Å². The number of likely N-dealkylation sites (tertiary alicyclic amines) is 1. The van der Waals surface area contributed by atoms with Crippen molar-refractivity contribution in [1.29, 1.82) is 0 Å². The van der Waals surface area contributed by atoms with Crippen LogP contribution >= 0.6 is 0 Å². The first kappa shape index (κ1) is 16.7. The number of hydrogen-bond acceptors (Lipinski definition) is 3. The van der Waals surface area contributed by atoms with Gasteiger partial charge in [0, 0.05) is 13.1 Å². The lowest BCUT2D eigenvalue weighted by atomic mass is 9.94. The topological polar surface area (TPSA) is 61.0 Å². The van der Waals surface area contributed by atoms with Crippen LogP contribution in [0.5, 0.6) is 0 Å². The fraction of sp³-hybridized carbons (Fsp3) is 0.467. The number of nitrogens with one attached hydrogen (secondary N) is 2. The maximum absolute atomic E-state index is 13.1. The summed E-state index contributed by atoms with van der Waals surface area (Å²) in [6.45, 7) is -0.174. The highest BCUT2D eigenvalue weighted by Gasteiger charge is 2.51. The number of benzene rings is 1. The third kappa shape index (κ3) is 3.35. The van der Waals surface area contributed by atoms with E-state index in [0.29, 0.717) is 16.9 Å². The van der Waals surface area contributed by atoms with Crippen molar-refractivity contribution >= 4 is 16.9 Å². The molecule has 0 radical (unpaired) electrons. The molecule has 1 aliphatic heterocycles. The van der Waals surface area contributed by atoms with Crippen molar-refractivity contribution in [2.75, 3.05) is 20.1 Å². The molecule has 0 aliphatic carbocycles. The third-order valence-corrected chi connectivity index (χ3v) is 4.18. The normalized spacial score (nSPS) is 22.2. The molecule has 1 aromatic heterocycles. The molecule has 24 heavy (non-hydrogen) atoms. The molecule has 0 unspecified atom stereocenters. The lowest BCUT2D eigenvalue weighted by Crippen LogP contribution is -2.40. The molecule has 2 aromatic rings. The first-order valence-electron chi connectivity index (χ1n) is 7.41. The van der Waals surface area contributed by atoms with Gasteiger partial charge >= 0.3 is 6.18 Å². The average Bonchev–Trinajstić information content (AvgIpc) is 3.07. The van der Waals surface area contributed by atoms with E-state index in [1.54, 1.807) is 7.05 Å². The van der Waals surface area contributed by atoms with E-state index in [0.717, 1.165) is 0 Å². The molecule has 2 heterocycles. The number of aromatic amines is 1. The summed E-state index contributed by atoms with van der Waals surface area (Å²) in [5, 5.41) is 2.49. The predicted molar refractivity (Wildman–Crippen MR) is 78.4 cm³/mol. The van der Waals surface area contributed by atoms with Crippen LogP contribution in [0.15, 0.2) is 18.2 Å². The molecule has 1 aliphatic rings. The number of amides is 1. The van der Waals surface area contributed by atoms with Crippen LogP contribution in [0.3, 0.4) is 0 Å². The molecular weight excluding hydrogens is 328 g/mol. The van der Waals surface area contributed by atoms with E-state index in [4.69, 9.17) is 0 Å². The Kier molecular flexibility index (Phi) is 4.20. The van der Waals surface area contributed by atoms with Gasteiger partial charge in [0.1, 0.15) is 11.6 Å². The zero-order chi connectivity index (χ0) is 17.5. The van der Waals surface area contributed by atoms with Crippen LogP contribution in [0, 0.1) is 17.7 Å². The second kappa shape index (κ2) is 6.04. The zero-order valence-corrected chi connectivity index (χ0v) is 12.8. The number of carbonyl (C=O) groups is 1. The van der Waals surface area contributed by atoms with Gasteiger partial charge in [-0.2, -0.15) is 13.2 Å². The molecule has 1 fully saturated rings. The summed E-state index contributed by atoms with van der Waals surface area (Å²) < 4.78 is 52.2. The quantitative estimate of drug-likeness (QED) is 0.838. The van der Waals surface area contributed by atoms with E-state index in [1.165, 1.54) is 23.1 Å². The Bertz CT molecular complexity index is 758. The van der Waals surface area contributed by atoms with Crippen molar-refractivity contribution in [2.45, 2.75) is 12.7 Å². The molecule has 9 heteroatoms. The molecule has 3 rings (SSSR count). The maximum Gasteiger partial charge on any atom is 0.393 e. The molecule has 1 aromatic carbocycles. The standard InChI is InChI=1S/C15H16F4N4O/c1-23-6-9(10(7-23)15(17,18)19)14(24)20-5-13-21-11-3-2-8(16)4-12(11)22-13/h2-4,9-10H,5-7H2,1H3,(H,20,24)(H,21,22)/t9-,10-/m1/s1. The Morgan fingerprint density at radius 2 is 2.17 bits per heavy atom. The summed E-state index contributed by atoms with van der Waals surface area (Å²) in [7, 11) is 1.56. The van der Waals surface area contributed by atoms with E-state index in [2.05, 4.69) is 15.3 Å². The summed E-state index contributed by atoms with van der Waals surface area (Å²) >= 11 is 0. The highest BCUT2D eigenvalue weighted by atomic mass is 19.4. The first-order valence-corrected chi connectivity index (χ1v) is 7.41. The molecule has 0 bridgehead atoms. The fourth-order valence-electron chi connectivity index (χ4n) is 3.02. The number of hydrogen-bond donors (Lipinski definition) is 2. The van der Waals surface area contributed by atoms with Crippen molar-refractivity contribution in [3.63, 3.8) is 0 Å². The highest BCUT2D eigenvalue weighted by molar-refractivity contribution is 5.80. The number of fused-ring (bicyclic) bond motifs is 1. The molecule has 0 saturated carbocycles. The Balaban J connectivity index is 1.67. The minimum Gasteiger partial charge on any atom is -0.349 e. The number of rotatable bonds is 3. The molecule has 2 N–H and O–H groups in total. The minimum absolute atomic E-state index is 0.0417. The lowest BCUT2D eigenvalue weighted by molar-refractivity contribution is -0.183. The van der Waals surface area contributed by atoms with Crippen molar-refractivity contribution in [1.82, 2.24) is 20.2 Å². The number of carbonyl (C=O) groups excluding carboxylic acids is 1. The Morgan fingerprint density at radius 1 is 1.42 bits per heavy atom. The minimum atomic E-state index is -4.41. The van der Waals surface area contributed by atoms with E-state index in [1.807, 2.05) is 0 Å². The zero-order valence-electron chi connectivity index (χ0n) is 12.8. The van der Waals surface area contributed by atoms with Gasteiger partial charge in [0.15, 0.2) is 0 Å². The second-order valence-electron chi connectivity index (χ2n) is 6.04. The van der Waals surface area contributed by atoms with Crippen molar-refractivity contribution < 1.29 is 22.4 Å². The predicted octanol–water partition coefficient (Wildman–Crippen LogP) is 2.06. The largest absolute Gasteiger partial charge is 0.393 e. The highest BCUT2D eigenvalue weighted by Crippen LogP contribution is 2.37. The lowest BCUT2D eigenvalue weighted by Gasteiger charge is -2.20. The van der Waals surface area contributed by atoms with Crippen LogP contribution in [0.2, 0.25) is 0 Å². The summed E-state index contributed by atoms with van der Waals surface area (Å²) in [5.41, 5.74) is 0.988. The third-order valence-electron chi connectivity index (χ3n) is 4.18. The molecular formula is C15H16F4N4O. The van der Waals surface area contributed by atoms with Gasteiger partial charge in [-0.05, 0) is 25.2 Å². The molecule has 1 saturated heterocycles. The molecule has 2 atom stereocenters. The van der Waals surface area contributed by atoms with Crippen LogP contribution in [-0.4, -0.2) is 47.1 Å². The van der Waals surface area contributed by atoms with Gasteiger partial charge in [-0.15, -0.1) is 0 Å². The van der Waals surface area contributed by atoms with Crippen molar-refractivity contribution in [2.24, 2.45) is 11.8 Å². The van der Waals surface area contributed by atoms with E-state index in [-0.39, 0.29) is 19.6 Å². The van der Waals surface area contributed by atoms with Gasteiger partial charge in [0.2, 0.25) is 5.91 Å². The molecule has 130 valence electrons. The second-order valence-corrected chi connectivity index (χ2v) is 6.04. The number of imidazole rings is 1. The molecule has 1 amide bonds. The number of H-pyrrole nitrogens is 1. The average molecular weight is 344 g/mol. The van der Waals surface area contributed by atoms with E-state index >= 15 is 0 Å². The van der Waals surface area contributed by atoms with Gasteiger partial charge in [0.05, 0.1) is 29.4 Å². The fourth-order valence-corrected chi connectivity index (χ4v) is 3.02. The monoisotopic (exact) mass is 344 g/mol. The van der Waals surface area contributed by atoms with Crippen molar-refractivity contribution in [3.05, 3.63) is 29.8 Å². The van der Waals surface area contributed by atoms with Crippen LogP contribution in [0.25, 0.3) is 11.0 Å². The van der Waals surface area contributed by atoms with Crippen LogP contribution in [0.1, 0.15) is 5.82 Å². The summed E-state index contributed by atoms with van der Waals surface area (Å²) in [6.07, 6.45) is -4.41. The number of halogens is 4. The van der Waals surface area contributed by atoms with Crippen molar-refractivity contribution in [3.8, 4) is 0 Å². The van der Waals surface area contributed by atoms with Gasteiger partial charge in [-0.3, -0.25) is 4.79 Å². The number of alkyl halides is 3. The van der Waals surface area contributed by atoms with Gasteiger partial charge in [-0.25, -0.2) is 9.37 Å². The van der Waals surface area contributed by atoms with E-state index < -0.39 is 29.7 Å². The van der Waals surface area contributed by atoms with Gasteiger partial charge in [0.25, 0.3) is 0 Å². The van der Waals surface area contributed by atoms with Gasteiger partial charge < -0.3 is 15.2 Å². The Hall–Kier alpha value is -2.16. The number of nitrogens with zero attached hydrogens (tertiary/aromatic N) is 2. The summed E-state index contributed by atoms with van der Waals surface area (Å²) in [5.74, 6) is -3.54. The SMILES string of the molecule is CN1C[C@@H](C(F)(F)F)[C@H](C(=O)NCc2nc3ccc(F)cc3[nH]2)C1. The Labute approximate surface area is 135 Å². The summed E-state index contributed by atoms with van der Waals surface area (Å²) in [6, 6.07) is 4.01. The first-order chi connectivity index (χ1) is 11.2. The smallest absolute Gasteiger partial charge is 0.349 e. The molecule has 0 spiro atoms. The molecule has 5 nitrogen and oxygen atoms in total. The maximum atomic E-state index is 13.1. The van der Waals surface area contributed by atoms with Crippen LogP contribution in [-0.2, 0) is 11.3 Å². The van der Waals surface area contributed by atoms with Gasteiger partial charge in [-0.1, -0.05) is 0 Å². The van der Waals surface area contributed by atoms with Crippen LogP contribution in [0.4, 0.5) is 17.6 Å².